The molecule has 0 aliphatic carbocycles. The SMILES string of the molecule is CCCCOc1ccc(/C=C2\C(=O)NN(c3ccc(Cl)cc3)C2=O)cc1. The fraction of sp³-hybridized carbons (Fsp3) is 0.200. The second-order valence-electron chi connectivity index (χ2n) is 5.89. The van der Waals surface area contributed by atoms with Gasteiger partial charge < -0.3 is 4.74 Å². The van der Waals surface area contributed by atoms with E-state index < -0.39 is 11.8 Å². The molecule has 6 heteroatoms. The monoisotopic (exact) mass is 370 g/mol. The first kappa shape index (κ1) is 18.0. The number of nitrogens with one attached hydrogen (secondary N) is 1. The van der Waals surface area contributed by atoms with E-state index in [9.17, 15) is 9.59 Å². The Bertz CT molecular complexity index is 829. The van der Waals surface area contributed by atoms with Gasteiger partial charge in [0.15, 0.2) is 0 Å². The lowest BCUT2D eigenvalue weighted by Gasteiger charge is -2.14. The highest BCUT2D eigenvalue weighted by molar-refractivity contribution is 6.32. The first-order valence-corrected chi connectivity index (χ1v) is 8.82. The molecule has 134 valence electrons. The zero-order valence-corrected chi connectivity index (χ0v) is 15.1. The smallest absolute Gasteiger partial charge is 0.282 e. The Morgan fingerprint density at radius 2 is 1.77 bits per heavy atom. The van der Waals surface area contributed by atoms with Crippen LogP contribution in [0.2, 0.25) is 5.02 Å². The average Bonchev–Trinajstić information content (AvgIpc) is 2.92. The number of hydrazine groups is 1. The average molecular weight is 371 g/mol. The first-order valence-electron chi connectivity index (χ1n) is 8.44. The maximum absolute atomic E-state index is 12.6. The number of ether oxygens (including phenoxy) is 1. The molecule has 3 rings (SSSR count). The summed E-state index contributed by atoms with van der Waals surface area (Å²) in [4.78, 5) is 24.8. The number of hydrogen-bond acceptors (Lipinski definition) is 3. The highest BCUT2D eigenvalue weighted by atomic mass is 35.5. The van der Waals surface area contributed by atoms with Gasteiger partial charge in [0.05, 0.1) is 12.3 Å². The van der Waals surface area contributed by atoms with Crippen LogP contribution >= 0.6 is 11.6 Å². The van der Waals surface area contributed by atoms with Crippen molar-refractivity contribution < 1.29 is 14.3 Å². The second kappa shape index (κ2) is 8.06. The number of amides is 2. The number of halogens is 1. The van der Waals surface area contributed by atoms with Crippen molar-refractivity contribution in [2.45, 2.75) is 19.8 Å². The minimum atomic E-state index is -0.437. The van der Waals surface area contributed by atoms with Crippen LogP contribution in [0.3, 0.4) is 0 Å². The molecule has 0 radical (unpaired) electrons. The number of anilines is 1. The molecule has 1 fully saturated rings. The van der Waals surface area contributed by atoms with E-state index in [4.69, 9.17) is 16.3 Å². The second-order valence-corrected chi connectivity index (χ2v) is 6.32. The number of rotatable bonds is 6. The molecule has 1 aliphatic rings. The Hall–Kier alpha value is -2.79. The number of benzene rings is 2. The van der Waals surface area contributed by atoms with Crippen LogP contribution in [0.1, 0.15) is 25.3 Å². The standard InChI is InChI=1S/C20H19ClN2O3/c1-2-3-12-26-17-10-4-14(5-11-17)13-18-19(24)22-23(20(18)25)16-8-6-15(21)7-9-16/h4-11,13H,2-3,12H2,1H3,(H,22,24)/b18-13+. The zero-order valence-electron chi connectivity index (χ0n) is 14.4. The number of carbonyl (C=O) groups excluding carboxylic acids is 2. The molecule has 26 heavy (non-hydrogen) atoms. The maximum Gasteiger partial charge on any atom is 0.282 e. The van der Waals surface area contributed by atoms with Gasteiger partial charge in [-0.1, -0.05) is 37.1 Å². The van der Waals surface area contributed by atoms with Crippen LogP contribution in [-0.2, 0) is 9.59 Å². The molecule has 0 saturated carbocycles. The Morgan fingerprint density at radius 3 is 2.42 bits per heavy atom. The summed E-state index contributed by atoms with van der Waals surface area (Å²) in [7, 11) is 0. The lowest BCUT2D eigenvalue weighted by Crippen LogP contribution is -2.35. The van der Waals surface area contributed by atoms with E-state index in [1.54, 1.807) is 30.3 Å². The van der Waals surface area contributed by atoms with Crippen LogP contribution in [0.15, 0.2) is 54.1 Å². The molecule has 1 aliphatic heterocycles. The van der Waals surface area contributed by atoms with Gasteiger partial charge in [-0.15, -0.1) is 0 Å². The van der Waals surface area contributed by atoms with Crippen LogP contribution < -0.4 is 15.2 Å². The molecule has 0 atom stereocenters. The van der Waals surface area contributed by atoms with Crippen molar-refractivity contribution in [1.29, 1.82) is 0 Å². The summed E-state index contributed by atoms with van der Waals surface area (Å²) in [6.45, 7) is 2.78. The summed E-state index contributed by atoms with van der Waals surface area (Å²) in [5.74, 6) is -0.0700. The quantitative estimate of drug-likeness (QED) is 0.475. The van der Waals surface area contributed by atoms with E-state index >= 15 is 0 Å². The third-order valence-electron chi connectivity index (χ3n) is 3.93. The Kier molecular flexibility index (Phi) is 5.58. The van der Waals surface area contributed by atoms with Crippen molar-refractivity contribution in [1.82, 2.24) is 5.43 Å². The first-order chi connectivity index (χ1) is 12.6. The Morgan fingerprint density at radius 1 is 1.08 bits per heavy atom. The van der Waals surface area contributed by atoms with Crippen molar-refractivity contribution in [2.75, 3.05) is 11.6 Å². The van der Waals surface area contributed by atoms with Crippen LogP contribution in [0.4, 0.5) is 5.69 Å². The van der Waals surface area contributed by atoms with E-state index in [1.165, 1.54) is 5.01 Å². The topological polar surface area (TPSA) is 58.6 Å². The molecule has 1 N–H and O–H groups in total. The molecule has 2 aromatic carbocycles. The van der Waals surface area contributed by atoms with E-state index in [-0.39, 0.29) is 5.57 Å². The summed E-state index contributed by atoms with van der Waals surface area (Å²) in [5.41, 5.74) is 3.95. The van der Waals surface area contributed by atoms with Crippen LogP contribution in [0.5, 0.6) is 5.75 Å². The fourth-order valence-electron chi connectivity index (χ4n) is 2.49. The predicted octanol–water partition coefficient (Wildman–Crippen LogP) is 3.98. The predicted molar refractivity (Wildman–Crippen MR) is 102 cm³/mol. The zero-order chi connectivity index (χ0) is 18.5. The molecular formula is C20H19ClN2O3. The van der Waals surface area contributed by atoms with Crippen molar-refractivity contribution in [3.8, 4) is 5.75 Å². The molecule has 2 amide bonds. The van der Waals surface area contributed by atoms with E-state index in [2.05, 4.69) is 12.3 Å². The van der Waals surface area contributed by atoms with Crippen LogP contribution in [0.25, 0.3) is 6.08 Å². The highest BCUT2D eigenvalue weighted by Gasteiger charge is 2.34. The highest BCUT2D eigenvalue weighted by Crippen LogP contribution is 2.23. The van der Waals surface area contributed by atoms with Crippen LogP contribution in [-0.4, -0.2) is 18.4 Å². The van der Waals surface area contributed by atoms with Crippen molar-refractivity contribution in [3.05, 3.63) is 64.7 Å². The van der Waals surface area contributed by atoms with Crippen molar-refractivity contribution in [3.63, 3.8) is 0 Å². The van der Waals surface area contributed by atoms with Gasteiger partial charge in [0.1, 0.15) is 11.3 Å². The molecule has 0 aromatic heterocycles. The number of nitrogens with zero attached hydrogens (tertiary/aromatic N) is 1. The lowest BCUT2D eigenvalue weighted by atomic mass is 10.1. The molecule has 1 saturated heterocycles. The molecule has 5 nitrogen and oxygen atoms in total. The summed E-state index contributed by atoms with van der Waals surface area (Å²) >= 11 is 5.86. The number of carbonyl (C=O) groups is 2. The van der Waals surface area contributed by atoms with Gasteiger partial charge in [0.2, 0.25) is 0 Å². The normalized spacial score (nSPS) is 15.5. The largest absolute Gasteiger partial charge is 0.494 e. The van der Waals surface area contributed by atoms with Gasteiger partial charge in [-0.2, -0.15) is 0 Å². The fourth-order valence-corrected chi connectivity index (χ4v) is 2.62. The van der Waals surface area contributed by atoms with Crippen molar-refractivity contribution >= 4 is 35.2 Å². The minimum Gasteiger partial charge on any atom is -0.494 e. The van der Waals surface area contributed by atoms with Gasteiger partial charge in [-0.25, -0.2) is 5.01 Å². The van der Waals surface area contributed by atoms with E-state index in [0.29, 0.717) is 17.3 Å². The van der Waals surface area contributed by atoms with Gasteiger partial charge in [-0.3, -0.25) is 15.0 Å². The van der Waals surface area contributed by atoms with Gasteiger partial charge in [0.25, 0.3) is 11.8 Å². The van der Waals surface area contributed by atoms with E-state index in [1.807, 2.05) is 24.3 Å². The Labute approximate surface area is 157 Å². The lowest BCUT2D eigenvalue weighted by molar-refractivity contribution is -0.117. The summed E-state index contributed by atoms with van der Waals surface area (Å²) < 4.78 is 5.61. The number of hydrogen-bond donors (Lipinski definition) is 1. The molecule has 1 heterocycles. The Balaban J connectivity index is 1.75. The molecule has 0 bridgehead atoms. The summed E-state index contributed by atoms with van der Waals surface area (Å²) in [6.07, 6.45) is 3.65. The molecular weight excluding hydrogens is 352 g/mol. The van der Waals surface area contributed by atoms with Gasteiger partial charge in [-0.05, 0) is 54.5 Å². The molecule has 2 aromatic rings. The third-order valence-corrected chi connectivity index (χ3v) is 4.19. The van der Waals surface area contributed by atoms with Gasteiger partial charge in [0, 0.05) is 5.02 Å². The van der Waals surface area contributed by atoms with Gasteiger partial charge >= 0.3 is 0 Å². The maximum atomic E-state index is 12.6. The summed E-state index contributed by atoms with van der Waals surface area (Å²) in [6, 6.07) is 14.0. The third kappa shape index (κ3) is 4.06. The number of unbranched alkanes of at least 4 members (excludes halogenated alkanes) is 1. The van der Waals surface area contributed by atoms with Crippen molar-refractivity contribution in [2.24, 2.45) is 0 Å². The minimum absolute atomic E-state index is 0.0830. The molecule has 0 spiro atoms. The summed E-state index contributed by atoms with van der Waals surface area (Å²) in [5, 5.41) is 1.77. The van der Waals surface area contributed by atoms with Crippen LogP contribution in [0, 0.1) is 0 Å². The van der Waals surface area contributed by atoms with E-state index in [0.717, 1.165) is 24.2 Å². The molecule has 0 unspecified atom stereocenters.